The van der Waals surface area contributed by atoms with E-state index in [0.717, 1.165) is 18.4 Å². The van der Waals surface area contributed by atoms with Gasteiger partial charge in [-0.15, -0.1) is 0 Å². The summed E-state index contributed by atoms with van der Waals surface area (Å²) in [5.41, 5.74) is 1.71. The predicted octanol–water partition coefficient (Wildman–Crippen LogP) is 0.545. The highest BCUT2D eigenvalue weighted by atomic mass is 28.2. The number of rotatable bonds is 6. The Morgan fingerprint density at radius 3 is 2.20 bits per heavy atom. The average molecular weight is 232 g/mol. The van der Waals surface area contributed by atoms with Gasteiger partial charge in [0.15, 0.2) is 6.29 Å². The van der Waals surface area contributed by atoms with Gasteiger partial charge in [-0.05, 0) is 20.3 Å². The molecule has 5 heteroatoms. The number of ether oxygens (including phenoxy) is 2. The summed E-state index contributed by atoms with van der Waals surface area (Å²) in [6, 6.07) is 0. The quantitative estimate of drug-likeness (QED) is 0.381. The van der Waals surface area contributed by atoms with E-state index in [9.17, 15) is 4.79 Å². The Balaban J connectivity index is 4.22. The van der Waals surface area contributed by atoms with E-state index in [1.807, 2.05) is 6.92 Å². The van der Waals surface area contributed by atoms with Gasteiger partial charge in [0, 0.05) is 26.2 Å². The summed E-state index contributed by atoms with van der Waals surface area (Å²) in [6.07, 6.45) is 1.30. The summed E-state index contributed by atoms with van der Waals surface area (Å²) >= 11 is 0. The van der Waals surface area contributed by atoms with Crippen molar-refractivity contribution in [3.63, 3.8) is 0 Å². The van der Waals surface area contributed by atoms with Crippen LogP contribution in [0.1, 0.15) is 26.7 Å². The average Bonchev–Trinajstić information content (AvgIpc) is 2.27. The van der Waals surface area contributed by atoms with Crippen molar-refractivity contribution >= 4 is 16.5 Å². The summed E-state index contributed by atoms with van der Waals surface area (Å²) in [5, 5.41) is 0. The third-order valence-corrected chi connectivity index (χ3v) is 2.78. The van der Waals surface area contributed by atoms with E-state index in [2.05, 4.69) is 0 Å². The van der Waals surface area contributed by atoms with Crippen LogP contribution in [-0.2, 0) is 18.7 Å². The highest BCUT2D eigenvalue weighted by molar-refractivity contribution is 6.09. The Morgan fingerprint density at radius 2 is 1.80 bits per heavy atom. The minimum atomic E-state index is -0.217. The van der Waals surface area contributed by atoms with Crippen LogP contribution in [0.25, 0.3) is 0 Å². The molecule has 0 aromatic heterocycles. The van der Waals surface area contributed by atoms with Crippen LogP contribution in [0.15, 0.2) is 11.1 Å². The number of carbonyl (C=O) groups excluding carboxylic acids is 1. The molecule has 0 aliphatic carbocycles. The van der Waals surface area contributed by atoms with Gasteiger partial charge in [-0.1, -0.05) is 5.57 Å². The molecule has 0 aromatic carbocycles. The van der Waals surface area contributed by atoms with Gasteiger partial charge in [0.1, 0.15) is 0 Å². The topological polar surface area (TPSA) is 44.8 Å². The van der Waals surface area contributed by atoms with Crippen molar-refractivity contribution in [1.82, 2.24) is 0 Å². The molecule has 0 bridgehead atoms. The minimum absolute atomic E-state index is 0.209. The fourth-order valence-electron chi connectivity index (χ4n) is 1.18. The van der Waals surface area contributed by atoms with Crippen LogP contribution in [0.4, 0.5) is 0 Å². The van der Waals surface area contributed by atoms with E-state index < -0.39 is 0 Å². The summed E-state index contributed by atoms with van der Waals surface area (Å²) in [7, 11) is 3.64. The van der Waals surface area contributed by atoms with Crippen molar-refractivity contribution in [3.05, 3.63) is 11.1 Å². The number of hydrogen-bond donors (Lipinski definition) is 0. The minimum Gasteiger partial charge on any atom is -0.526 e. The lowest BCUT2D eigenvalue weighted by atomic mass is 10.1. The second kappa shape index (κ2) is 7.61. The molecule has 4 nitrogen and oxygen atoms in total. The molecular formula is C10H20O4Si. The first kappa shape index (κ1) is 14.3. The van der Waals surface area contributed by atoms with Crippen LogP contribution in [0.5, 0.6) is 0 Å². The Labute approximate surface area is 94.1 Å². The second-order valence-corrected chi connectivity index (χ2v) is 3.74. The second-order valence-electron chi connectivity index (χ2n) is 3.34. The van der Waals surface area contributed by atoms with Gasteiger partial charge in [-0.2, -0.15) is 0 Å². The molecule has 0 spiro atoms. The van der Waals surface area contributed by atoms with Gasteiger partial charge >= 0.3 is 5.97 Å². The first-order valence-electron chi connectivity index (χ1n) is 4.87. The molecule has 0 aliphatic rings. The van der Waals surface area contributed by atoms with Crippen LogP contribution >= 0.6 is 0 Å². The Kier molecular flexibility index (Phi) is 7.28. The predicted molar refractivity (Wildman–Crippen MR) is 61.4 cm³/mol. The maximum Gasteiger partial charge on any atom is 0.319 e. The number of carbonyl (C=O) groups is 1. The smallest absolute Gasteiger partial charge is 0.319 e. The van der Waals surface area contributed by atoms with Gasteiger partial charge in [-0.25, -0.2) is 4.79 Å². The third kappa shape index (κ3) is 5.11. The summed E-state index contributed by atoms with van der Waals surface area (Å²) in [5.74, 6) is -0.217. The standard InChI is InChI=1S/C10H20O4Si/c1-7(8(2)10(11)14-15)5-6-9(12-3)13-4/h9H,5-6H2,1-4,15H3. The summed E-state index contributed by atoms with van der Waals surface area (Å²) in [4.78, 5) is 11.2. The van der Waals surface area contributed by atoms with Gasteiger partial charge in [0.25, 0.3) is 0 Å². The zero-order valence-corrected chi connectivity index (χ0v) is 12.1. The third-order valence-electron chi connectivity index (χ3n) is 2.41. The van der Waals surface area contributed by atoms with Gasteiger partial charge in [-0.3, -0.25) is 0 Å². The fraction of sp³-hybridized carbons (Fsp3) is 0.700. The highest BCUT2D eigenvalue weighted by Gasteiger charge is 2.10. The highest BCUT2D eigenvalue weighted by Crippen LogP contribution is 2.14. The van der Waals surface area contributed by atoms with Crippen molar-refractivity contribution in [2.24, 2.45) is 0 Å². The Morgan fingerprint density at radius 1 is 1.27 bits per heavy atom. The maximum absolute atomic E-state index is 11.2. The molecule has 0 radical (unpaired) electrons. The molecule has 0 fully saturated rings. The lowest BCUT2D eigenvalue weighted by molar-refractivity contribution is -0.129. The molecule has 0 aromatic rings. The number of allylic oxidation sites excluding steroid dienone is 1. The Hall–Kier alpha value is -0.653. The molecule has 0 rings (SSSR count). The molecule has 0 saturated carbocycles. The molecule has 0 atom stereocenters. The zero-order valence-electron chi connectivity index (χ0n) is 10.1. The lowest BCUT2D eigenvalue weighted by Gasteiger charge is -2.13. The summed E-state index contributed by atoms with van der Waals surface area (Å²) in [6.45, 7) is 3.71. The first-order chi connectivity index (χ1) is 7.06. The molecule has 0 aliphatic heterocycles. The lowest BCUT2D eigenvalue weighted by Crippen LogP contribution is -2.13. The van der Waals surface area contributed by atoms with Crippen LogP contribution in [0, 0.1) is 0 Å². The molecule has 0 saturated heterocycles. The molecule has 15 heavy (non-hydrogen) atoms. The Bertz CT molecular complexity index is 234. The van der Waals surface area contributed by atoms with Gasteiger partial charge in [0.05, 0.1) is 0 Å². The monoisotopic (exact) mass is 232 g/mol. The van der Waals surface area contributed by atoms with E-state index in [1.54, 1.807) is 21.1 Å². The number of hydrogen-bond acceptors (Lipinski definition) is 4. The van der Waals surface area contributed by atoms with E-state index >= 15 is 0 Å². The largest absolute Gasteiger partial charge is 0.526 e. The van der Waals surface area contributed by atoms with E-state index in [0.29, 0.717) is 16.1 Å². The fourth-order valence-corrected chi connectivity index (χ4v) is 1.49. The molecule has 0 unspecified atom stereocenters. The van der Waals surface area contributed by atoms with E-state index in [-0.39, 0.29) is 12.3 Å². The van der Waals surface area contributed by atoms with Crippen molar-refractivity contribution in [2.45, 2.75) is 33.0 Å². The van der Waals surface area contributed by atoms with Crippen LogP contribution in [0.3, 0.4) is 0 Å². The van der Waals surface area contributed by atoms with Crippen LogP contribution in [0.2, 0.25) is 0 Å². The molecular weight excluding hydrogens is 212 g/mol. The molecule has 0 amide bonds. The first-order valence-corrected chi connectivity index (χ1v) is 5.68. The van der Waals surface area contributed by atoms with Crippen molar-refractivity contribution in [1.29, 1.82) is 0 Å². The number of methoxy groups -OCH3 is 2. The van der Waals surface area contributed by atoms with Crippen molar-refractivity contribution in [3.8, 4) is 0 Å². The summed E-state index contributed by atoms with van der Waals surface area (Å²) < 4.78 is 14.9. The van der Waals surface area contributed by atoms with E-state index in [4.69, 9.17) is 13.9 Å². The molecule has 0 heterocycles. The van der Waals surface area contributed by atoms with Crippen molar-refractivity contribution < 1.29 is 18.7 Å². The van der Waals surface area contributed by atoms with Crippen LogP contribution < -0.4 is 0 Å². The van der Waals surface area contributed by atoms with Crippen molar-refractivity contribution in [2.75, 3.05) is 14.2 Å². The van der Waals surface area contributed by atoms with Crippen LogP contribution in [-0.4, -0.2) is 37.0 Å². The van der Waals surface area contributed by atoms with Gasteiger partial charge < -0.3 is 13.9 Å². The zero-order chi connectivity index (χ0) is 11.8. The SMILES string of the molecule is COC(CCC(C)=C(C)C(=O)O[SiH3])OC. The molecule has 88 valence electrons. The van der Waals surface area contributed by atoms with E-state index in [1.165, 1.54) is 0 Å². The normalized spacial score (nSPS) is 12.9. The maximum atomic E-state index is 11.2. The molecule has 0 N–H and O–H groups in total. The van der Waals surface area contributed by atoms with Gasteiger partial charge in [0.2, 0.25) is 10.5 Å².